The average Bonchev–Trinajstić information content (AvgIpc) is 2.24. The van der Waals surface area contributed by atoms with Gasteiger partial charge in [-0.3, -0.25) is 0 Å². The third-order valence-electron chi connectivity index (χ3n) is 1.75. The fraction of sp³-hybridized carbons (Fsp3) is 1.00. The summed E-state index contributed by atoms with van der Waals surface area (Å²) >= 11 is 9.53. The van der Waals surface area contributed by atoms with Crippen LogP contribution < -0.4 is 0 Å². The van der Waals surface area contributed by atoms with E-state index in [9.17, 15) is 0 Å². The normalized spacial score (nSPS) is 8.80. The molecule has 0 radical (unpaired) electrons. The van der Waals surface area contributed by atoms with Crippen molar-refractivity contribution in [3.8, 4) is 0 Å². The van der Waals surface area contributed by atoms with Gasteiger partial charge in [0.05, 0.1) is 5.34 Å². The zero-order valence-electron chi connectivity index (χ0n) is 10.9. The Labute approximate surface area is 106 Å². The van der Waals surface area contributed by atoms with Crippen LogP contribution in [0.1, 0.15) is 34.6 Å². The molecule has 2 nitrogen and oxygen atoms in total. The third-order valence-corrected chi connectivity index (χ3v) is 1.75. The fourth-order valence-corrected chi connectivity index (χ4v) is 0.875. The largest absolute Gasteiger partial charge is 0.382 e. The van der Waals surface area contributed by atoms with Crippen LogP contribution in [-0.4, -0.2) is 43.1 Å². The second kappa shape index (κ2) is 24.0. The van der Waals surface area contributed by atoms with E-state index in [1.54, 1.807) is 0 Å². The van der Waals surface area contributed by atoms with E-state index in [0.717, 1.165) is 13.2 Å². The summed E-state index contributed by atoms with van der Waals surface area (Å²) in [6.07, 6.45) is 0. The molecule has 15 heavy (non-hydrogen) atoms. The smallest absolute Gasteiger partial charge is 0.0967 e. The predicted molar refractivity (Wildman–Crippen MR) is 72.2 cm³/mol. The molecule has 0 saturated carbocycles. The van der Waals surface area contributed by atoms with E-state index in [1.807, 2.05) is 13.8 Å². The summed E-state index contributed by atoms with van der Waals surface area (Å²) in [5.41, 5.74) is 0. The Hall–Kier alpha value is 0.500. The molecule has 0 aromatic carbocycles. The van der Waals surface area contributed by atoms with Crippen LogP contribution in [0.25, 0.3) is 0 Å². The maximum Gasteiger partial charge on any atom is 0.0967 e. The maximum absolute atomic E-state index is 4.83. The van der Waals surface area contributed by atoms with E-state index >= 15 is 0 Å². The van der Waals surface area contributed by atoms with Crippen LogP contribution in [-0.2, 0) is 4.74 Å². The van der Waals surface area contributed by atoms with Crippen LogP contribution in [0.2, 0.25) is 0 Å². The first-order valence-electron chi connectivity index (χ1n) is 5.60. The molecule has 4 heteroatoms. The van der Waals surface area contributed by atoms with E-state index in [2.05, 4.69) is 25.7 Å². The lowest BCUT2D eigenvalue weighted by Gasteiger charge is -2.13. The SMILES string of the molecule is CCN(CC)CC.CCOCC.ClCCl. The molecule has 0 aliphatic carbocycles. The number of alkyl halides is 2. The van der Waals surface area contributed by atoms with Gasteiger partial charge in [0.15, 0.2) is 0 Å². The first kappa shape index (κ1) is 20.9. The van der Waals surface area contributed by atoms with Crippen molar-refractivity contribution in [1.82, 2.24) is 4.90 Å². The highest BCUT2D eigenvalue weighted by Gasteiger charge is 1.89. The first-order chi connectivity index (χ1) is 7.17. The third kappa shape index (κ3) is 31.4. The second-order valence-corrected chi connectivity index (χ2v) is 3.31. The zero-order chi connectivity index (χ0) is 12.5. The van der Waals surface area contributed by atoms with Crippen LogP contribution >= 0.6 is 23.2 Å². The number of ether oxygens (including phenoxy) is 1. The monoisotopic (exact) mass is 259 g/mol. The predicted octanol–water partition coefficient (Wildman–Crippen LogP) is 3.81. The second-order valence-electron chi connectivity index (χ2n) is 2.50. The minimum atomic E-state index is 0.194. The molecule has 0 heterocycles. The van der Waals surface area contributed by atoms with Gasteiger partial charge in [0.2, 0.25) is 0 Å². The molecule has 0 bridgehead atoms. The Morgan fingerprint density at radius 1 is 0.800 bits per heavy atom. The van der Waals surface area contributed by atoms with Gasteiger partial charge in [-0.05, 0) is 33.5 Å². The van der Waals surface area contributed by atoms with Crippen molar-refractivity contribution in [2.75, 3.05) is 38.2 Å². The molecule has 96 valence electrons. The van der Waals surface area contributed by atoms with Gasteiger partial charge in [-0.25, -0.2) is 0 Å². The molecule has 0 unspecified atom stereocenters. The Morgan fingerprint density at radius 3 is 1.07 bits per heavy atom. The van der Waals surface area contributed by atoms with Crippen LogP contribution in [0.3, 0.4) is 0 Å². The number of nitrogens with zero attached hydrogens (tertiary/aromatic N) is 1. The van der Waals surface area contributed by atoms with Gasteiger partial charge >= 0.3 is 0 Å². The highest BCUT2D eigenvalue weighted by atomic mass is 35.5. The average molecular weight is 260 g/mol. The molecule has 0 amide bonds. The van der Waals surface area contributed by atoms with E-state index in [4.69, 9.17) is 27.9 Å². The van der Waals surface area contributed by atoms with Crippen LogP contribution in [0.15, 0.2) is 0 Å². The van der Waals surface area contributed by atoms with Crippen molar-refractivity contribution in [3.63, 3.8) is 0 Å². The molecule has 0 N–H and O–H groups in total. The number of rotatable bonds is 5. The number of hydrogen-bond acceptors (Lipinski definition) is 2. The van der Waals surface area contributed by atoms with Crippen molar-refractivity contribution in [2.24, 2.45) is 0 Å². The molecular formula is C11H27Cl2NO. The molecule has 0 fully saturated rings. The topological polar surface area (TPSA) is 12.5 Å². The lowest BCUT2D eigenvalue weighted by molar-refractivity contribution is 0.162. The quantitative estimate of drug-likeness (QED) is 0.697. The summed E-state index contributed by atoms with van der Waals surface area (Å²) in [7, 11) is 0. The van der Waals surface area contributed by atoms with E-state index in [-0.39, 0.29) is 5.34 Å². The van der Waals surface area contributed by atoms with E-state index in [1.165, 1.54) is 19.6 Å². The fourth-order valence-electron chi connectivity index (χ4n) is 0.875. The summed E-state index contributed by atoms with van der Waals surface area (Å²) in [6, 6.07) is 0. The molecule has 0 aromatic rings. The minimum Gasteiger partial charge on any atom is -0.382 e. The maximum atomic E-state index is 4.83. The van der Waals surface area contributed by atoms with Gasteiger partial charge in [-0.15, -0.1) is 23.2 Å². The molecule has 0 aromatic heterocycles. The summed E-state index contributed by atoms with van der Waals surface area (Å²) in [4.78, 5) is 2.38. The Balaban J connectivity index is -0.000000158. The summed E-state index contributed by atoms with van der Waals surface area (Å²) < 4.78 is 4.83. The number of halogens is 2. The van der Waals surface area contributed by atoms with Gasteiger partial charge in [-0.1, -0.05) is 20.8 Å². The molecule has 0 spiro atoms. The highest BCUT2D eigenvalue weighted by Crippen LogP contribution is 1.81. The Kier molecular flexibility index (Phi) is 33.3. The van der Waals surface area contributed by atoms with Gasteiger partial charge in [0.25, 0.3) is 0 Å². The molecule has 0 aliphatic heterocycles. The number of hydrogen-bond donors (Lipinski definition) is 0. The highest BCUT2D eigenvalue weighted by molar-refractivity contribution is 6.40. The molecule has 0 saturated heterocycles. The van der Waals surface area contributed by atoms with Crippen molar-refractivity contribution in [1.29, 1.82) is 0 Å². The minimum absolute atomic E-state index is 0.194. The summed E-state index contributed by atoms with van der Waals surface area (Å²) in [5, 5.41) is 0.194. The Morgan fingerprint density at radius 2 is 1.07 bits per heavy atom. The van der Waals surface area contributed by atoms with Crippen LogP contribution in [0, 0.1) is 0 Å². The van der Waals surface area contributed by atoms with Crippen molar-refractivity contribution in [2.45, 2.75) is 34.6 Å². The van der Waals surface area contributed by atoms with Crippen molar-refractivity contribution >= 4 is 23.2 Å². The van der Waals surface area contributed by atoms with Gasteiger partial charge in [0, 0.05) is 13.2 Å². The van der Waals surface area contributed by atoms with Crippen LogP contribution in [0.4, 0.5) is 0 Å². The Bertz CT molecular complexity index is 73.5. The van der Waals surface area contributed by atoms with Gasteiger partial charge in [0.1, 0.15) is 0 Å². The first-order valence-corrected chi connectivity index (χ1v) is 6.67. The standard InChI is InChI=1S/C6H15N.C4H10O.CH2Cl2/c1-4-7(5-2)6-3;1-3-5-4-2;2-1-3/h4-6H2,1-3H3;3-4H2,1-2H3;1H2. The molecular weight excluding hydrogens is 233 g/mol. The van der Waals surface area contributed by atoms with Gasteiger partial charge in [-0.2, -0.15) is 0 Å². The molecule has 0 rings (SSSR count). The summed E-state index contributed by atoms with van der Waals surface area (Å²) in [5.74, 6) is 0. The molecule has 0 aliphatic rings. The lowest BCUT2D eigenvalue weighted by Crippen LogP contribution is -2.21. The van der Waals surface area contributed by atoms with Crippen LogP contribution in [0.5, 0.6) is 0 Å². The van der Waals surface area contributed by atoms with Crippen molar-refractivity contribution < 1.29 is 4.74 Å². The zero-order valence-corrected chi connectivity index (χ0v) is 12.4. The molecule has 0 atom stereocenters. The lowest BCUT2D eigenvalue weighted by atomic mass is 10.5. The van der Waals surface area contributed by atoms with E-state index in [0.29, 0.717) is 0 Å². The summed E-state index contributed by atoms with van der Waals surface area (Å²) in [6.45, 7) is 15.8. The van der Waals surface area contributed by atoms with Crippen molar-refractivity contribution in [3.05, 3.63) is 0 Å². The van der Waals surface area contributed by atoms with E-state index < -0.39 is 0 Å². The van der Waals surface area contributed by atoms with Gasteiger partial charge < -0.3 is 9.64 Å².